The normalized spacial score (nSPS) is 31.4. The van der Waals surface area contributed by atoms with Gasteiger partial charge in [-0.3, -0.25) is 14.4 Å². The molecule has 1 heterocycles. The highest BCUT2D eigenvalue weighted by molar-refractivity contribution is 6.23. The van der Waals surface area contributed by atoms with E-state index in [1.807, 2.05) is 19.9 Å². The zero-order valence-electron chi connectivity index (χ0n) is 22.9. The minimum atomic E-state index is -0.892. The molecule has 3 N–H and O–H groups in total. The number of amides is 1. The number of methoxy groups -OCH3 is 3. The summed E-state index contributed by atoms with van der Waals surface area (Å²) in [7, 11) is 4.35. The monoisotopic (exact) mass is 519 g/mol. The summed E-state index contributed by atoms with van der Waals surface area (Å²) in [5.41, 5.74) is 1.10. The van der Waals surface area contributed by atoms with Crippen molar-refractivity contribution in [2.45, 2.75) is 77.8 Å². The summed E-state index contributed by atoms with van der Waals surface area (Å²) >= 11 is 0. The van der Waals surface area contributed by atoms with Gasteiger partial charge in [0, 0.05) is 37.4 Å². The summed E-state index contributed by atoms with van der Waals surface area (Å²) in [6, 6.07) is 0. The Balaban J connectivity index is 2.48. The molecule has 0 aromatic rings. The number of Topliss-reactive ketones (excluding diaryl/α,β-unsaturated/α-hetero) is 1. The topological polar surface area (TPSA) is 131 Å². The highest BCUT2D eigenvalue weighted by Crippen LogP contribution is 2.29. The van der Waals surface area contributed by atoms with Crippen LogP contribution in [0.1, 0.15) is 53.4 Å². The number of aliphatic hydroxyl groups is 2. The number of rotatable bonds is 3. The molecule has 0 aromatic heterocycles. The van der Waals surface area contributed by atoms with E-state index in [9.17, 15) is 24.6 Å². The van der Waals surface area contributed by atoms with Crippen LogP contribution in [-0.4, -0.2) is 73.4 Å². The molecule has 2 aliphatic rings. The zero-order chi connectivity index (χ0) is 27.9. The number of fused-ring (bicyclic) bond motifs is 2. The number of allylic oxidation sites excluding steroid dienone is 3. The largest absolute Gasteiger partial charge is 0.492 e. The molecule has 206 valence electrons. The highest BCUT2D eigenvalue weighted by atomic mass is 16.5. The van der Waals surface area contributed by atoms with E-state index in [0.29, 0.717) is 30.4 Å². The van der Waals surface area contributed by atoms with E-state index in [1.165, 1.54) is 21.3 Å². The smallest absolute Gasteiger partial charge is 0.251 e. The molecule has 0 saturated carbocycles. The van der Waals surface area contributed by atoms with Gasteiger partial charge in [0.2, 0.25) is 11.6 Å². The average molecular weight is 520 g/mol. The molecular weight excluding hydrogens is 478 g/mol. The van der Waals surface area contributed by atoms with Crippen molar-refractivity contribution < 1.29 is 38.8 Å². The lowest BCUT2D eigenvalue weighted by Gasteiger charge is -2.29. The average Bonchev–Trinajstić information content (AvgIpc) is 2.86. The number of aliphatic hydroxyl groups excluding tert-OH is 2. The van der Waals surface area contributed by atoms with E-state index < -0.39 is 41.9 Å². The summed E-state index contributed by atoms with van der Waals surface area (Å²) in [6.07, 6.45) is 3.21. The quantitative estimate of drug-likeness (QED) is 0.383. The van der Waals surface area contributed by atoms with Crippen LogP contribution in [0.15, 0.2) is 46.4 Å². The van der Waals surface area contributed by atoms with Crippen LogP contribution in [0.4, 0.5) is 0 Å². The van der Waals surface area contributed by atoms with E-state index in [0.717, 1.165) is 6.08 Å². The van der Waals surface area contributed by atoms with Crippen LogP contribution in [0, 0.1) is 11.8 Å². The maximum Gasteiger partial charge on any atom is 0.251 e. The van der Waals surface area contributed by atoms with Gasteiger partial charge in [-0.15, -0.1) is 0 Å². The fourth-order valence-electron chi connectivity index (χ4n) is 4.81. The van der Waals surface area contributed by atoms with Crippen molar-refractivity contribution in [1.82, 2.24) is 5.32 Å². The molecular formula is C28H41NO8. The first-order valence-electron chi connectivity index (χ1n) is 12.6. The Kier molecular flexibility index (Phi) is 11.4. The molecule has 37 heavy (non-hydrogen) atoms. The Hall–Kier alpha value is -2.59. The van der Waals surface area contributed by atoms with Crippen LogP contribution in [0.25, 0.3) is 0 Å². The second kappa shape index (κ2) is 13.8. The maximum absolute atomic E-state index is 13.3. The van der Waals surface area contributed by atoms with Gasteiger partial charge in [-0.25, -0.2) is 0 Å². The van der Waals surface area contributed by atoms with Crippen LogP contribution in [0.2, 0.25) is 0 Å². The number of ether oxygens (including phenoxy) is 3. The first-order valence-corrected chi connectivity index (χ1v) is 12.6. The highest BCUT2D eigenvalue weighted by Gasteiger charge is 2.33. The van der Waals surface area contributed by atoms with E-state index in [-0.39, 0.29) is 35.3 Å². The Morgan fingerprint density at radius 1 is 1.00 bits per heavy atom. The van der Waals surface area contributed by atoms with Gasteiger partial charge < -0.3 is 29.7 Å². The molecule has 9 nitrogen and oxygen atoms in total. The Morgan fingerprint density at radius 2 is 1.65 bits per heavy atom. The predicted octanol–water partition coefficient (Wildman–Crippen LogP) is 2.53. The second-order valence-electron chi connectivity index (χ2n) is 9.98. The van der Waals surface area contributed by atoms with Gasteiger partial charge in [0.25, 0.3) is 5.91 Å². The SMILES string of the molecule is COC1=C2C[C@@H](C)C[C@H](OC)[C@H](O)[C@@H](C)C=C(C)[C@H](O)[C@@H](OC)CCC=C(C)C(=O)NC(=CC1=O)C2=O. The molecule has 0 aromatic carbocycles. The van der Waals surface area contributed by atoms with Crippen LogP contribution in [0.5, 0.6) is 0 Å². The number of hydrogen-bond acceptors (Lipinski definition) is 8. The van der Waals surface area contributed by atoms with E-state index in [1.54, 1.807) is 19.9 Å². The van der Waals surface area contributed by atoms with Gasteiger partial charge in [0.15, 0.2) is 5.76 Å². The molecule has 6 atom stereocenters. The fraction of sp³-hybridized carbons (Fsp3) is 0.607. The molecule has 0 fully saturated rings. The van der Waals surface area contributed by atoms with E-state index in [2.05, 4.69) is 5.32 Å². The van der Waals surface area contributed by atoms with Gasteiger partial charge in [0.05, 0.1) is 31.1 Å². The van der Waals surface area contributed by atoms with Crippen molar-refractivity contribution in [3.63, 3.8) is 0 Å². The van der Waals surface area contributed by atoms with Crippen LogP contribution in [-0.2, 0) is 28.6 Å². The van der Waals surface area contributed by atoms with E-state index in [4.69, 9.17) is 14.2 Å². The summed E-state index contributed by atoms with van der Waals surface area (Å²) in [6.45, 7) is 7.14. The summed E-state index contributed by atoms with van der Waals surface area (Å²) in [4.78, 5) is 38.8. The molecule has 0 unspecified atom stereocenters. The molecule has 2 bridgehead atoms. The number of nitrogens with one attached hydrogen (secondary N) is 1. The summed E-state index contributed by atoms with van der Waals surface area (Å²) in [5, 5.41) is 24.5. The molecule has 0 saturated heterocycles. The molecule has 1 aliphatic heterocycles. The molecule has 1 amide bonds. The number of carbonyl (C=O) groups is 3. The van der Waals surface area contributed by atoms with Crippen molar-refractivity contribution in [3.8, 4) is 0 Å². The van der Waals surface area contributed by atoms with Gasteiger partial charge in [-0.1, -0.05) is 26.0 Å². The maximum atomic E-state index is 13.3. The third-order valence-corrected chi connectivity index (χ3v) is 7.06. The first-order chi connectivity index (χ1) is 17.4. The van der Waals surface area contributed by atoms with Gasteiger partial charge in [-0.05, 0) is 51.0 Å². The molecule has 0 spiro atoms. The van der Waals surface area contributed by atoms with Crippen molar-refractivity contribution >= 4 is 17.5 Å². The summed E-state index contributed by atoms with van der Waals surface area (Å²) < 4.78 is 16.3. The Bertz CT molecular complexity index is 992. The van der Waals surface area contributed by atoms with E-state index >= 15 is 0 Å². The van der Waals surface area contributed by atoms with Crippen molar-refractivity contribution in [3.05, 3.63) is 46.4 Å². The third kappa shape index (κ3) is 7.70. The van der Waals surface area contributed by atoms with Gasteiger partial charge in [-0.2, -0.15) is 0 Å². The fourth-order valence-corrected chi connectivity index (χ4v) is 4.81. The first kappa shape index (κ1) is 30.6. The predicted molar refractivity (Wildman–Crippen MR) is 138 cm³/mol. The zero-order valence-corrected chi connectivity index (χ0v) is 22.9. The second-order valence-corrected chi connectivity index (χ2v) is 9.98. The summed E-state index contributed by atoms with van der Waals surface area (Å²) in [5.74, 6) is -2.03. The minimum absolute atomic E-state index is 0.0472. The van der Waals surface area contributed by atoms with Gasteiger partial charge >= 0.3 is 0 Å². The number of hydrogen-bond donors (Lipinski definition) is 3. The Labute approximate surface area is 219 Å². The molecule has 9 heteroatoms. The van der Waals surface area contributed by atoms with Crippen LogP contribution < -0.4 is 5.32 Å². The Morgan fingerprint density at radius 3 is 2.24 bits per heavy atom. The third-order valence-electron chi connectivity index (χ3n) is 7.06. The van der Waals surface area contributed by atoms with Crippen molar-refractivity contribution in [2.75, 3.05) is 21.3 Å². The number of ketones is 2. The molecule has 1 aliphatic carbocycles. The van der Waals surface area contributed by atoms with Crippen LogP contribution in [0.3, 0.4) is 0 Å². The minimum Gasteiger partial charge on any atom is -0.492 e. The lowest BCUT2D eigenvalue weighted by molar-refractivity contribution is -0.120. The van der Waals surface area contributed by atoms with Crippen molar-refractivity contribution in [1.29, 1.82) is 0 Å². The van der Waals surface area contributed by atoms with Gasteiger partial charge in [0.1, 0.15) is 6.10 Å². The van der Waals surface area contributed by atoms with Crippen molar-refractivity contribution in [2.24, 2.45) is 11.8 Å². The molecule has 0 radical (unpaired) electrons. The lowest BCUT2D eigenvalue weighted by Crippen LogP contribution is -2.36. The molecule has 2 rings (SSSR count). The lowest BCUT2D eigenvalue weighted by atomic mass is 9.85. The standard InChI is InChI=1S/C28H41NO8/c1-15-11-19-26(33)20(14-21(30)27(19)37-7)29-28(34)16(2)9-8-10-22(35-5)24(31)17(3)13-18(4)25(32)23(12-15)36-6/h9,13-15,18,22-25,31-32H,8,10-12H2,1-7H3,(H,29,34)/t15-,18+,22+,23+,24+,25-/m1/s1. The number of carbonyl (C=O) groups excluding carboxylic acids is 3. The van der Waals surface area contributed by atoms with Crippen LogP contribution >= 0.6 is 0 Å².